The van der Waals surface area contributed by atoms with E-state index in [2.05, 4.69) is 0 Å². The van der Waals surface area contributed by atoms with Crippen molar-refractivity contribution in [2.24, 2.45) is 5.92 Å². The van der Waals surface area contributed by atoms with Crippen molar-refractivity contribution in [3.8, 4) is 5.75 Å². The number of rotatable bonds is 4. The van der Waals surface area contributed by atoms with Gasteiger partial charge in [-0.15, -0.1) is 0 Å². The van der Waals surface area contributed by atoms with Crippen LogP contribution in [0.1, 0.15) is 17.9 Å². The van der Waals surface area contributed by atoms with Gasteiger partial charge in [-0.2, -0.15) is 0 Å². The van der Waals surface area contributed by atoms with Crippen LogP contribution in [0.5, 0.6) is 5.75 Å². The van der Waals surface area contributed by atoms with Gasteiger partial charge in [-0.1, -0.05) is 23.7 Å². The maximum atomic E-state index is 13.1. The largest absolute Gasteiger partial charge is 0.415 e. The predicted molar refractivity (Wildman–Crippen MR) is 114 cm³/mol. The first kappa shape index (κ1) is 21.6. The lowest BCUT2D eigenvalue weighted by Gasteiger charge is -2.28. The number of carbonyl (C=O) groups excluding carboxylic acids is 2. The molecule has 8 heteroatoms. The van der Waals surface area contributed by atoms with Gasteiger partial charge in [-0.05, 0) is 48.4 Å². The third-order valence-electron chi connectivity index (χ3n) is 5.98. The highest BCUT2D eigenvalue weighted by Gasteiger charge is 2.42. The van der Waals surface area contributed by atoms with Crippen LogP contribution in [-0.4, -0.2) is 61.2 Å². The molecule has 2 aliphatic rings. The van der Waals surface area contributed by atoms with Gasteiger partial charge in [0.25, 0.3) is 0 Å². The van der Waals surface area contributed by atoms with E-state index in [1.165, 1.54) is 29.2 Å². The van der Waals surface area contributed by atoms with Crippen molar-refractivity contribution in [3.63, 3.8) is 0 Å². The molecule has 0 N–H and O–H groups in total. The number of hydrogen-bond donors (Lipinski definition) is 0. The summed E-state index contributed by atoms with van der Waals surface area (Å²) < 4.78 is 23.9. The number of benzene rings is 2. The molecule has 0 radical (unpaired) electrons. The Morgan fingerprint density at radius 1 is 1.13 bits per heavy atom. The molecule has 0 aromatic heterocycles. The summed E-state index contributed by atoms with van der Waals surface area (Å²) in [7, 11) is 1.66. The van der Waals surface area contributed by atoms with Crippen LogP contribution in [0.4, 0.5) is 9.18 Å². The molecule has 4 rings (SSSR count). The van der Waals surface area contributed by atoms with E-state index in [9.17, 15) is 14.0 Å². The number of hydrogen-bond acceptors (Lipinski definition) is 4. The van der Waals surface area contributed by atoms with E-state index in [0.29, 0.717) is 37.7 Å². The molecule has 2 aromatic carbocycles. The van der Waals surface area contributed by atoms with Crippen LogP contribution in [-0.2, 0) is 9.53 Å². The Balaban J connectivity index is 1.53. The minimum atomic E-state index is -0.561. The number of likely N-dealkylation sites (tertiary alicyclic amines) is 1. The molecule has 31 heavy (non-hydrogen) atoms. The summed E-state index contributed by atoms with van der Waals surface area (Å²) in [6.07, 6.45) is 0.155. The minimum absolute atomic E-state index is 0.0549. The Kier molecular flexibility index (Phi) is 6.43. The lowest BCUT2D eigenvalue weighted by molar-refractivity contribution is -0.134. The van der Waals surface area contributed by atoms with Crippen LogP contribution in [0.2, 0.25) is 5.02 Å². The highest BCUT2D eigenvalue weighted by molar-refractivity contribution is 6.30. The van der Waals surface area contributed by atoms with Crippen LogP contribution >= 0.6 is 11.6 Å². The molecule has 2 saturated heterocycles. The molecule has 1 unspecified atom stereocenters. The number of ether oxygens (including phenoxy) is 2. The van der Waals surface area contributed by atoms with E-state index in [4.69, 9.17) is 21.1 Å². The van der Waals surface area contributed by atoms with Gasteiger partial charge in [-0.3, -0.25) is 4.79 Å². The molecule has 2 fully saturated rings. The second-order valence-corrected chi connectivity index (χ2v) is 8.40. The zero-order valence-electron chi connectivity index (χ0n) is 17.2. The van der Waals surface area contributed by atoms with Crippen LogP contribution in [0.15, 0.2) is 48.5 Å². The van der Waals surface area contributed by atoms with Crippen LogP contribution < -0.4 is 4.74 Å². The standard InChI is InChI=1S/C23H24ClFN2O4/c1-26(23(29)31-19-8-6-18(25)7-9-19)21-13-27(22(28)16-10-11-30-14-16)12-20(21)15-2-4-17(24)5-3-15/h2-9,16,20-21H,10-14H2,1H3/t16?,20-,21+/m0/s1. The Morgan fingerprint density at radius 3 is 2.48 bits per heavy atom. The summed E-state index contributed by atoms with van der Waals surface area (Å²) in [6, 6.07) is 12.5. The molecule has 0 aliphatic carbocycles. The highest BCUT2D eigenvalue weighted by atomic mass is 35.5. The van der Waals surface area contributed by atoms with E-state index < -0.39 is 11.9 Å². The SMILES string of the molecule is CN(C(=O)Oc1ccc(F)cc1)[C@@H]1CN(C(=O)C2CCOC2)C[C@H]1c1ccc(Cl)cc1. The fourth-order valence-corrected chi connectivity index (χ4v) is 4.32. The summed E-state index contributed by atoms with van der Waals surface area (Å²) in [5.74, 6) is -0.318. The smallest absolute Gasteiger partial charge is 0.410 e. The zero-order chi connectivity index (χ0) is 22.0. The summed E-state index contributed by atoms with van der Waals surface area (Å²) in [6.45, 7) is 1.93. The Labute approximate surface area is 185 Å². The fourth-order valence-electron chi connectivity index (χ4n) is 4.19. The number of nitrogens with zero attached hydrogens (tertiary/aromatic N) is 2. The molecular weight excluding hydrogens is 423 g/mol. The third kappa shape index (κ3) is 4.83. The summed E-state index contributed by atoms with van der Waals surface area (Å²) in [4.78, 5) is 29.1. The Bertz CT molecular complexity index is 932. The number of amides is 2. The van der Waals surface area contributed by atoms with Crippen molar-refractivity contribution in [1.82, 2.24) is 9.80 Å². The first-order valence-corrected chi connectivity index (χ1v) is 10.6. The van der Waals surface area contributed by atoms with E-state index in [1.807, 2.05) is 17.0 Å². The van der Waals surface area contributed by atoms with Gasteiger partial charge in [0.15, 0.2) is 0 Å². The quantitative estimate of drug-likeness (QED) is 0.713. The molecule has 0 bridgehead atoms. The molecule has 164 valence electrons. The van der Waals surface area contributed by atoms with E-state index in [0.717, 1.165) is 5.56 Å². The predicted octanol–water partition coefficient (Wildman–Crippen LogP) is 3.94. The Morgan fingerprint density at radius 2 is 1.84 bits per heavy atom. The number of halogens is 2. The number of carbonyl (C=O) groups is 2. The molecule has 0 spiro atoms. The summed E-state index contributed by atoms with van der Waals surface area (Å²) in [5.41, 5.74) is 0.994. The molecule has 2 amide bonds. The number of likely N-dealkylation sites (N-methyl/N-ethyl adjacent to an activating group) is 1. The maximum Gasteiger partial charge on any atom is 0.415 e. The summed E-state index contributed by atoms with van der Waals surface area (Å²) >= 11 is 6.04. The van der Waals surface area contributed by atoms with Crippen LogP contribution in [0.3, 0.4) is 0 Å². The third-order valence-corrected chi connectivity index (χ3v) is 6.23. The van der Waals surface area contributed by atoms with Crippen LogP contribution in [0.25, 0.3) is 0 Å². The van der Waals surface area contributed by atoms with Gasteiger partial charge >= 0.3 is 6.09 Å². The molecule has 3 atom stereocenters. The average molecular weight is 447 g/mol. The van der Waals surface area contributed by atoms with Crippen molar-refractivity contribution >= 4 is 23.6 Å². The van der Waals surface area contributed by atoms with E-state index >= 15 is 0 Å². The van der Waals surface area contributed by atoms with E-state index in [-0.39, 0.29) is 29.5 Å². The van der Waals surface area contributed by atoms with Crippen molar-refractivity contribution < 1.29 is 23.5 Å². The van der Waals surface area contributed by atoms with Crippen molar-refractivity contribution in [2.45, 2.75) is 18.4 Å². The van der Waals surface area contributed by atoms with Gasteiger partial charge < -0.3 is 19.3 Å². The Hall–Kier alpha value is -2.64. The average Bonchev–Trinajstić information content (AvgIpc) is 3.45. The zero-order valence-corrected chi connectivity index (χ0v) is 17.9. The topological polar surface area (TPSA) is 59.1 Å². The highest BCUT2D eigenvalue weighted by Crippen LogP contribution is 2.33. The maximum absolute atomic E-state index is 13.1. The lowest BCUT2D eigenvalue weighted by Crippen LogP contribution is -2.44. The molecule has 2 aliphatic heterocycles. The summed E-state index contributed by atoms with van der Waals surface area (Å²) in [5, 5.41) is 0.624. The van der Waals surface area contributed by atoms with E-state index in [1.54, 1.807) is 19.2 Å². The fraction of sp³-hybridized carbons (Fsp3) is 0.391. The molecule has 2 heterocycles. The van der Waals surface area contributed by atoms with Gasteiger partial charge in [0.2, 0.25) is 5.91 Å². The van der Waals surface area contributed by atoms with Crippen molar-refractivity contribution in [3.05, 3.63) is 64.9 Å². The van der Waals surface area contributed by atoms with Gasteiger partial charge in [0.1, 0.15) is 11.6 Å². The van der Waals surface area contributed by atoms with Crippen molar-refractivity contribution in [1.29, 1.82) is 0 Å². The first-order chi connectivity index (χ1) is 14.9. The van der Waals surface area contributed by atoms with Crippen molar-refractivity contribution in [2.75, 3.05) is 33.4 Å². The van der Waals surface area contributed by atoms with Gasteiger partial charge in [0, 0.05) is 37.7 Å². The van der Waals surface area contributed by atoms with Gasteiger partial charge in [-0.25, -0.2) is 9.18 Å². The second kappa shape index (κ2) is 9.24. The second-order valence-electron chi connectivity index (χ2n) is 7.96. The van der Waals surface area contributed by atoms with Gasteiger partial charge in [0.05, 0.1) is 18.6 Å². The molecule has 0 saturated carbocycles. The molecule has 2 aromatic rings. The van der Waals surface area contributed by atoms with Crippen LogP contribution in [0, 0.1) is 11.7 Å². The monoisotopic (exact) mass is 446 g/mol. The molecule has 6 nitrogen and oxygen atoms in total. The lowest BCUT2D eigenvalue weighted by atomic mass is 9.93. The minimum Gasteiger partial charge on any atom is -0.410 e. The molecular formula is C23H24ClFN2O4. The first-order valence-electron chi connectivity index (χ1n) is 10.2. The normalized spacial score (nSPS) is 23.1.